The van der Waals surface area contributed by atoms with Crippen LogP contribution in [0.2, 0.25) is 0 Å². The Morgan fingerprint density at radius 3 is 2.53 bits per heavy atom. The molecule has 0 bridgehead atoms. The summed E-state index contributed by atoms with van der Waals surface area (Å²) >= 11 is 4.43. The zero-order chi connectivity index (χ0) is 12.7. The number of rotatable bonds is 6. The van der Waals surface area contributed by atoms with Gasteiger partial charge in [0.25, 0.3) is 0 Å². The molecule has 0 aliphatic rings. The minimum atomic E-state index is 0.342. The molecular formula is C14H22N2S. The smallest absolute Gasteiger partial charge is 0.0646 e. The van der Waals surface area contributed by atoms with Crippen molar-refractivity contribution in [2.24, 2.45) is 5.10 Å². The average Bonchev–Trinajstić information content (AvgIpc) is 2.29. The summed E-state index contributed by atoms with van der Waals surface area (Å²) in [6.07, 6.45) is 1.10. The Morgan fingerprint density at radius 1 is 1.35 bits per heavy atom. The fourth-order valence-electron chi connectivity index (χ4n) is 1.69. The standard InChI is InChI=1S/C14H22N2S/c1-4-10-16(11-12(2)17)15-13(3)14-8-6-5-7-9-14/h5-9,12,17H,4,10-11H2,1-3H3. The van der Waals surface area contributed by atoms with Crippen LogP contribution in [0.5, 0.6) is 0 Å². The number of benzene rings is 1. The van der Waals surface area contributed by atoms with E-state index in [1.54, 1.807) is 0 Å². The van der Waals surface area contributed by atoms with Crippen molar-refractivity contribution in [3.63, 3.8) is 0 Å². The Labute approximate surface area is 110 Å². The van der Waals surface area contributed by atoms with Crippen molar-refractivity contribution in [2.75, 3.05) is 13.1 Å². The first kappa shape index (κ1) is 14.1. The molecule has 3 heteroatoms. The van der Waals surface area contributed by atoms with Gasteiger partial charge in [-0.3, -0.25) is 5.01 Å². The number of hydrazone groups is 1. The van der Waals surface area contributed by atoms with E-state index in [1.807, 2.05) is 18.2 Å². The van der Waals surface area contributed by atoms with E-state index >= 15 is 0 Å². The van der Waals surface area contributed by atoms with Crippen molar-refractivity contribution in [3.8, 4) is 0 Å². The van der Waals surface area contributed by atoms with Crippen molar-refractivity contribution in [1.29, 1.82) is 0 Å². The maximum Gasteiger partial charge on any atom is 0.0646 e. The summed E-state index contributed by atoms with van der Waals surface area (Å²) in [5.74, 6) is 0. The first-order valence-corrected chi connectivity index (χ1v) is 6.68. The molecule has 1 rings (SSSR count). The van der Waals surface area contributed by atoms with Gasteiger partial charge in [0, 0.05) is 18.3 Å². The second-order valence-electron chi connectivity index (χ2n) is 4.31. The molecule has 1 unspecified atom stereocenters. The Bertz CT molecular complexity index is 346. The lowest BCUT2D eigenvalue weighted by Gasteiger charge is -2.21. The van der Waals surface area contributed by atoms with Gasteiger partial charge in [-0.2, -0.15) is 17.7 Å². The molecule has 0 radical (unpaired) electrons. The summed E-state index contributed by atoms with van der Waals surface area (Å²) in [5.41, 5.74) is 2.24. The molecule has 1 aromatic rings. The van der Waals surface area contributed by atoms with E-state index in [-0.39, 0.29) is 0 Å². The van der Waals surface area contributed by atoms with Gasteiger partial charge in [-0.15, -0.1) is 0 Å². The monoisotopic (exact) mass is 250 g/mol. The molecule has 0 spiro atoms. The molecule has 1 aromatic carbocycles. The fraction of sp³-hybridized carbons (Fsp3) is 0.500. The molecular weight excluding hydrogens is 228 g/mol. The van der Waals surface area contributed by atoms with E-state index < -0.39 is 0 Å². The number of thiol groups is 1. The number of hydrogen-bond acceptors (Lipinski definition) is 3. The highest BCUT2D eigenvalue weighted by molar-refractivity contribution is 7.80. The average molecular weight is 250 g/mol. The second kappa shape index (κ2) is 7.38. The van der Waals surface area contributed by atoms with E-state index in [4.69, 9.17) is 0 Å². The van der Waals surface area contributed by atoms with Gasteiger partial charge < -0.3 is 0 Å². The first-order chi connectivity index (χ1) is 8.13. The summed E-state index contributed by atoms with van der Waals surface area (Å²) in [4.78, 5) is 0. The van der Waals surface area contributed by atoms with E-state index in [1.165, 1.54) is 5.56 Å². The van der Waals surface area contributed by atoms with Crippen molar-refractivity contribution in [3.05, 3.63) is 35.9 Å². The normalized spacial score (nSPS) is 13.5. The van der Waals surface area contributed by atoms with Crippen molar-refractivity contribution >= 4 is 18.3 Å². The number of hydrogen-bond donors (Lipinski definition) is 1. The lowest BCUT2D eigenvalue weighted by Crippen LogP contribution is -2.26. The Morgan fingerprint density at radius 2 is 2.00 bits per heavy atom. The lowest BCUT2D eigenvalue weighted by molar-refractivity contribution is 0.293. The minimum Gasteiger partial charge on any atom is -0.296 e. The van der Waals surface area contributed by atoms with Crippen LogP contribution in [0.25, 0.3) is 0 Å². The maximum absolute atomic E-state index is 4.68. The quantitative estimate of drug-likeness (QED) is 0.464. The van der Waals surface area contributed by atoms with Gasteiger partial charge in [-0.25, -0.2) is 0 Å². The molecule has 0 N–H and O–H groups in total. The SMILES string of the molecule is CCCN(CC(C)S)N=C(C)c1ccccc1. The zero-order valence-electron chi connectivity index (χ0n) is 10.9. The molecule has 1 atom stereocenters. The summed E-state index contributed by atoms with van der Waals surface area (Å²) in [6, 6.07) is 10.3. The second-order valence-corrected chi connectivity index (χ2v) is 5.19. The third kappa shape index (κ3) is 5.26. The van der Waals surface area contributed by atoms with Crippen molar-refractivity contribution in [1.82, 2.24) is 5.01 Å². The maximum atomic E-state index is 4.68. The third-order valence-electron chi connectivity index (χ3n) is 2.44. The van der Waals surface area contributed by atoms with Crippen molar-refractivity contribution in [2.45, 2.75) is 32.4 Å². The van der Waals surface area contributed by atoms with Crippen LogP contribution in [0, 0.1) is 0 Å². The molecule has 0 saturated carbocycles. The number of nitrogens with zero attached hydrogens (tertiary/aromatic N) is 2. The summed E-state index contributed by atoms with van der Waals surface area (Å²) < 4.78 is 0. The zero-order valence-corrected chi connectivity index (χ0v) is 11.8. The molecule has 17 heavy (non-hydrogen) atoms. The van der Waals surface area contributed by atoms with Gasteiger partial charge in [0.05, 0.1) is 5.71 Å². The van der Waals surface area contributed by atoms with Gasteiger partial charge in [0.15, 0.2) is 0 Å². The Kier molecular flexibility index (Phi) is 6.12. The largest absolute Gasteiger partial charge is 0.296 e. The van der Waals surface area contributed by atoms with Crippen LogP contribution in [0.1, 0.15) is 32.8 Å². The van der Waals surface area contributed by atoms with Crippen LogP contribution in [0.15, 0.2) is 35.4 Å². The Hall–Kier alpha value is -0.960. The predicted molar refractivity (Wildman–Crippen MR) is 79.0 cm³/mol. The topological polar surface area (TPSA) is 15.6 Å². The summed E-state index contributed by atoms with van der Waals surface area (Å²) in [6.45, 7) is 8.19. The third-order valence-corrected chi connectivity index (χ3v) is 2.60. The van der Waals surface area contributed by atoms with E-state index in [0.29, 0.717) is 5.25 Å². The molecule has 0 heterocycles. The van der Waals surface area contributed by atoms with Crippen LogP contribution >= 0.6 is 12.6 Å². The molecule has 2 nitrogen and oxygen atoms in total. The highest BCUT2D eigenvalue weighted by Gasteiger charge is 2.05. The van der Waals surface area contributed by atoms with Gasteiger partial charge in [-0.05, 0) is 18.9 Å². The first-order valence-electron chi connectivity index (χ1n) is 6.17. The predicted octanol–water partition coefficient (Wildman–Crippen LogP) is 3.44. The highest BCUT2D eigenvalue weighted by atomic mass is 32.1. The van der Waals surface area contributed by atoms with Gasteiger partial charge in [0.2, 0.25) is 0 Å². The molecule has 0 aromatic heterocycles. The van der Waals surface area contributed by atoms with Crippen molar-refractivity contribution < 1.29 is 0 Å². The van der Waals surface area contributed by atoms with Gasteiger partial charge in [-0.1, -0.05) is 44.2 Å². The van der Waals surface area contributed by atoms with Gasteiger partial charge in [0.1, 0.15) is 0 Å². The summed E-state index contributed by atoms with van der Waals surface area (Å²) in [5, 5.41) is 7.13. The van der Waals surface area contributed by atoms with Crippen LogP contribution in [-0.4, -0.2) is 29.1 Å². The van der Waals surface area contributed by atoms with Crippen LogP contribution in [0.3, 0.4) is 0 Å². The Balaban J connectivity index is 2.75. The highest BCUT2D eigenvalue weighted by Crippen LogP contribution is 2.05. The van der Waals surface area contributed by atoms with Gasteiger partial charge >= 0.3 is 0 Å². The molecule has 0 amide bonds. The van der Waals surface area contributed by atoms with Crippen LogP contribution in [-0.2, 0) is 0 Å². The van der Waals surface area contributed by atoms with E-state index in [0.717, 1.165) is 25.2 Å². The molecule has 0 fully saturated rings. The van der Waals surface area contributed by atoms with E-state index in [2.05, 4.69) is 55.6 Å². The van der Waals surface area contributed by atoms with Crippen LogP contribution < -0.4 is 0 Å². The molecule has 0 aliphatic heterocycles. The molecule has 94 valence electrons. The summed E-state index contributed by atoms with van der Waals surface area (Å²) in [7, 11) is 0. The lowest BCUT2D eigenvalue weighted by atomic mass is 10.1. The molecule has 0 saturated heterocycles. The molecule has 0 aliphatic carbocycles. The van der Waals surface area contributed by atoms with E-state index in [9.17, 15) is 0 Å². The van der Waals surface area contributed by atoms with Crippen LogP contribution in [0.4, 0.5) is 0 Å². The minimum absolute atomic E-state index is 0.342. The fourth-order valence-corrected chi connectivity index (χ4v) is 1.88.